The lowest BCUT2D eigenvalue weighted by Crippen LogP contribution is -2.47. The van der Waals surface area contributed by atoms with Gasteiger partial charge in [-0.1, -0.05) is 42.5 Å². The van der Waals surface area contributed by atoms with Crippen molar-refractivity contribution < 1.29 is 19.1 Å². The van der Waals surface area contributed by atoms with E-state index in [4.69, 9.17) is 4.74 Å². The Bertz CT molecular complexity index is 841. The fourth-order valence-electron chi connectivity index (χ4n) is 2.63. The van der Waals surface area contributed by atoms with Crippen molar-refractivity contribution in [2.24, 2.45) is 0 Å². The summed E-state index contributed by atoms with van der Waals surface area (Å²) >= 11 is 0. The fourth-order valence-corrected chi connectivity index (χ4v) is 2.63. The quantitative estimate of drug-likeness (QED) is 0.741. The highest BCUT2D eigenvalue weighted by Crippen LogP contribution is 2.17. The van der Waals surface area contributed by atoms with E-state index in [1.807, 2.05) is 30.3 Å². The van der Waals surface area contributed by atoms with Gasteiger partial charge in [0.15, 0.2) is 5.78 Å². The van der Waals surface area contributed by atoms with E-state index in [0.717, 1.165) is 5.56 Å². The van der Waals surface area contributed by atoms with Gasteiger partial charge in [-0.05, 0) is 45.4 Å². The lowest BCUT2D eigenvalue weighted by atomic mass is 10.0. The Morgan fingerprint density at radius 3 is 2.18 bits per heavy atom. The minimum absolute atomic E-state index is 0.157. The molecule has 2 aromatic carbocycles. The van der Waals surface area contributed by atoms with Crippen LogP contribution >= 0.6 is 0 Å². The normalized spacial score (nSPS) is 12.0. The van der Waals surface area contributed by atoms with Crippen molar-refractivity contribution in [1.29, 1.82) is 0 Å². The highest BCUT2D eigenvalue weighted by Gasteiger charge is 2.25. The number of carbonyl (C=O) groups is 3. The number of nitrogens with one attached hydrogen (secondary N) is 2. The molecular weight excluding hydrogens is 356 g/mol. The molecule has 0 aromatic heterocycles. The molecule has 0 spiro atoms. The molecule has 0 radical (unpaired) electrons. The summed E-state index contributed by atoms with van der Waals surface area (Å²) in [5, 5.41) is 5.38. The maximum absolute atomic E-state index is 12.9. The lowest BCUT2D eigenvalue weighted by Gasteiger charge is -2.23. The van der Waals surface area contributed by atoms with E-state index < -0.39 is 23.6 Å². The zero-order valence-corrected chi connectivity index (χ0v) is 16.6. The standard InChI is InChI=1S/C22H26N2O4/c1-15(25)17-12-8-9-13-18(17)23-20(26)19(14-16-10-6-5-7-11-16)24-21(27)28-22(2,3)4/h5-13,19H,14H2,1-4H3,(H,23,26)(H,24,27)/t19-/m0/s1. The van der Waals surface area contributed by atoms with Gasteiger partial charge in [-0.3, -0.25) is 9.59 Å². The maximum atomic E-state index is 12.9. The molecule has 0 heterocycles. The van der Waals surface area contributed by atoms with E-state index in [0.29, 0.717) is 11.3 Å². The molecule has 1 atom stereocenters. The Labute approximate surface area is 165 Å². The van der Waals surface area contributed by atoms with Gasteiger partial charge in [-0.2, -0.15) is 0 Å². The monoisotopic (exact) mass is 382 g/mol. The number of carbonyl (C=O) groups excluding carboxylic acids is 3. The minimum Gasteiger partial charge on any atom is -0.444 e. The van der Waals surface area contributed by atoms with E-state index in [-0.39, 0.29) is 12.2 Å². The Hall–Kier alpha value is -3.15. The molecule has 2 N–H and O–H groups in total. The first-order valence-electron chi connectivity index (χ1n) is 9.10. The predicted molar refractivity (Wildman–Crippen MR) is 108 cm³/mol. The van der Waals surface area contributed by atoms with Gasteiger partial charge in [0.2, 0.25) is 5.91 Å². The summed E-state index contributed by atoms with van der Waals surface area (Å²) in [5.74, 6) is -0.584. The Morgan fingerprint density at radius 1 is 0.964 bits per heavy atom. The van der Waals surface area contributed by atoms with Crippen LogP contribution in [0.5, 0.6) is 0 Å². The minimum atomic E-state index is -0.864. The van der Waals surface area contributed by atoms with Gasteiger partial charge in [0, 0.05) is 12.0 Å². The molecule has 0 saturated heterocycles. The number of Topliss-reactive ketones (excluding diaryl/α,β-unsaturated/α-hetero) is 1. The molecule has 2 rings (SSSR count). The SMILES string of the molecule is CC(=O)c1ccccc1NC(=O)[C@H](Cc1ccccc1)NC(=O)OC(C)(C)C. The predicted octanol–water partition coefficient (Wildman–Crippen LogP) is 3.96. The van der Waals surface area contributed by atoms with Crippen molar-refractivity contribution in [3.05, 3.63) is 65.7 Å². The number of alkyl carbamates (subject to hydrolysis) is 1. The molecule has 0 aliphatic rings. The first-order valence-corrected chi connectivity index (χ1v) is 9.10. The van der Waals surface area contributed by atoms with Crippen molar-refractivity contribution in [2.45, 2.75) is 45.8 Å². The van der Waals surface area contributed by atoms with E-state index in [1.54, 1.807) is 45.0 Å². The first kappa shape index (κ1) is 21.2. The first-order chi connectivity index (χ1) is 13.2. The zero-order chi connectivity index (χ0) is 20.7. The van der Waals surface area contributed by atoms with Crippen LogP contribution in [0.3, 0.4) is 0 Å². The van der Waals surface area contributed by atoms with Crippen LogP contribution in [0.15, 0.2) is 54.6 Å². The van der Waals surface area contributed by atoms with Crippen LogP contribution in [0.25, 0.3) is 0 Å². The number of benzene rings is 2. The molecule has 0 unspecified atom stereocenters. The van der Waals surface area contributed by atoms with Gasteiger partial charge < -0.3 is 15.4 Å². The van der Waals surface area contributed by atoms with Gasteiger partial charge in [0.05, 0.1) is 5.69 Å². The van der Waals surface area contributed by atoms with Gasteiger partial charge >= 0.3 is 6.09 Å². The summed E-state index contributed by atoms with van der Waals surface area (Å²) in [7, 11) is 0. The number of rotatable bonds is 6. The van der Waals surface area contributed by atoms with E-state index in [2.05, 4.69) is 10.6 Å². The number of hydrogen-bond acceptors (Lipinski definition) is 4. The summed E-state index contributed by atoms with van der Waals surface area (Å²) in [6.45, 7) is 6.69. The topological polar surface area (TPSA) is 84.5 Å². The molecule has 0 bridgehead atoms. The Morgan fingerprint density at radius 2 is 1.57 bits per heavy atom. The molecule has 6 heteroatoms. The average Bonchev–Trinajstić information content (AvgIpc) is 2.60. The summed E-state index contributed by atoms with van der Waals surface area (Å²) < 4.78 is 5.28. The van der Waals surface area contributed by atoms with E-state index in [9.17, 15) is 14.4 Å². The molecule has 0 aliphatic heterocycles. The van der Waals surface area contributed by atoms with Crippen molar-refractivity contribution in [2.75, 3.05) is 5.32 Å². The number of anilines is 1. The number of ether oxygens (including phenoxy) is 1. The molecule has 148 valence electrons. The maximum Gasteiger partial charge on any atom is 0.408 e. The lowest BCUT2D eigenvalue weighted by molar-refractivity contribution is -0.118. The molecule has 0 fully saturated rings. The average molecular weight is 382 g/mol. The third-order valence-corrected chi connectivity index (χ3v) is 3.85. The molecule has 2 amide bonds. The molecule has 28 heavy (non-hydrogen) atoms. The van der Waals surface area contributed by atoms with Crippen LogP contribution in [0, 0.1) is 0 Å². The van der Waals surface area contributed by atoms with E-state index >= 15 is 0 Å². The third-order valence-electron chi connectivity index (χ3n) is 3.85. The van der Waals surface area contributed by atoms with Crippen molar-refractivity contribution in [3.63, 3.8) is 0 Å². The molecule has 2 aromatic rings. The second kappa shape index (κ2) is 9.17. The van der Waals surface area contributed by atoms with Gasteiger partial charge in [-0.15, -0.1) is 0 Å². The van der Waals surface area contributed by atoms with Crippen LogP contribution < -0.4 is 10.6 Å². The molecule has 0 saturated carbocycles. The van der Waals surface area contributed by atoms with Gasteiger partial charge in [-0.25, -0.2) is 4.79 Å². The van der Waals surface area contributed by atoms with Crippen LogP contribution in [-0.4, -0.2) is 29.4 Å². The number of para-hydroxylation sites is 1. The second-order valence-corrected chi connectivity index (χ2v) is 7.48. The second-order valence-electron chi connectivity index (χ2n) is 7.48. The van der Waals surface area contributed by atoms with Gasteiger partial charge in [0.1, 0.15) is 11.6 Å². The fraction of sp³-hybridized carbons (Fsp3) is 0.318. The van der Waals surface area contributed by atoms with Crippen molar-refractivity contribution >= 4 is 23.5 Å². The third kappa shape index (κ3) is 6.54. The van der Waals surface area contributed by atoms with Gasteiger partial charge in [0.25, 0.3) is 0 Å². The number of amides is 2. The van der Waals surface area contributed by atoms with E-state index in [1.165, 1.54) is 6.92 Å². The molecular formula is C22H26N2O4. The van der Waals surface area contributed by atoms with Crippen LogP contribution in [0.2, 0.25) is 0 Å². The smallest absolute Gasteiger partial charge is 0.408 e. The van der Waals surface area contributed by atoms with Crippen molar-refractivity contribution in [3.8, 4) is 0 Å². The highest BCUT2D eigenvalue weighted by atomic mass is 16.6. The Balaban J connectivity index is 2.21. The van der Waals surface area contributed by atoms with Crippen LogP contribution in [0.4, 0.5) is 10.5 Å². The summed E-state index contributed by atoms with van der Waals surface area (Å²) in [5.41, 5.74) is 1.02. The summed E-state index contributed by atoms with van der Waals surface area (Å²) in [6, 6.07) is 15.3. The number of hydrogen-bond donors (Lipinski definition) is 2. The number of ketones is 1. The van der Waals surface area contributed by atoms with Crippen molar-refractivity contribution in [1.82, 2.24) is 5.32 Å². The largest absolute Gasteiger partial charge is 0.444 e. The highest BCUT2D eigenvalue weighted by molar-refractivity contribution is 6.05. The molecule has 6 nitrogen and oxygen atoms in total. The summed E-state index contributed by atoms with van der Waals surface area (Å²) in [6.07, 6.45) is -0.392. The zero-order valence-electron chi connectivity index (χ0n) is 16.6. The van der Waals surface area contributed by atoms with Crippen LogP contribution in [0.1, 0.15) is 43.6 Å². The molecule has 0 aliphatic carbocycles. The summed E-state index contributed by atoms with van der Waals surface area (Å²) in [4.78, 5) is 36.9. The Kier molecular flexibility index (Phi) is 6.93. The van der Waals surface area contributed by atoms with Crippen LogP contribution in [-0.2, 0) is 16.0 Å².